The lowest BCUT2D eigenvalue weighted by molar-refractivity contribution is 0.171. The molecule has 104 valence electrons. The van der Waals surface area contributed by atoms with E-state index in [4.69, 9.17) is 44.3 Å². The van der Waals surface area contributed by atoms with Crippen LogP contribution in [0.15, 0.2) is 36.4 Å². The summed E-state index contributed by atoms with van der Waals surface area (Å²) in [6.45, 7) is 1.12. The number of rotatable bonds is 2. The van der Waals surface area contributed by atoms with Gasteiger partial charge in [-0.05, 0) is 35.4 Å². The lowest BCUT2D eigenvalue weighted by atomic mass is 10.0. The van der Waals surface area contributed by atoms with Crippen LogP contribution in [-0.4, -0.2) is 13.2 Å². The average molecular weight is 330 g/mol. The number of benzene rings is 2. The Morgan fingerprint density at radius 3 is 2.20 bits per heavy atom. The molecule has 1 unspecified atom stereocenters. The van der Waals surface area contributed by atoms with Gasteiger partial charge in [-0.1, -0.05) is 35.3 Å². The molecule has 5 heteroatoms. The fraction of sp³-hybridized carbons (Fsp3) is 0.200. The third-order valence-corrected chi connectivity index (χ3v) is 4.34. The summed E-state index contributed by atoms with van der Waals surface area (Å²) in [6, 6.07) is 11.1. The fourth-order valence-electron chi connectivity index (χ4n) is 2.08. The van der Waals surface area contributed by atoms with E-state index in [9.17, 15) is 0 Å². The highest BCUT2D eigenvalue weighted by Crippen LogP contribution is 2.38. The zero-order valence-electron chi connectivity index (χ0n) is 10.4. The van der Waals surface area contributed by atoms with E-state index in [0.29, 0.717) is 23.3 Å². The van der Waals surface area contributed by atoms with Gasteiger partial charge in [-0.2, -0.15) is 0 Å². The van der Waals surface area contributed by atoms with Crippen LogP contribution < -0.4 is 9.47 Å². The van der Waals surface area contributed by atoms with Gasteiger partial charge in [0.25, 0.3) is 0 Å². The molecule has 0 aliphatic carbocycles. The molecule has 0 aromatic heterocycles. The van der Waals surface area contributed by atoms with Crippen LogP contribution in [0.3, 0.4) is 0 Å². The Bertz CT molecular complexity index is 643. The minimum atomic E-state index is -0.319. The Morgan fingerprint density at radius 2 is 1.45 bits per heavy atom. The number of alkyl halides is 1. The van der Waals surface area contributed by atoms with Crippen LogP contribution in [0.2, 0.25) is 10.0 Å². The monoisotopic (exact) mass is 328 g/mol. The van der Waals surface area contributed by atoms with E-state index >= 15 is 0 Å². The van der Waals surface area contributed by atoms with Crippen LogP contribution in [0, 0.1) is 0 Å². The van der Waals surface area contributed by atoms with Crippen molar-refractivity contribution >= 4 is 34.8 Å². The van der Waals surface area contributed by atoms with E-state index in [1.165, 1.54) is 0 Å². The lowest BCUT2D eigenvalue weighted by Gasteiger charge is -2.20. The van der Waals surface area contributed by atoms with E-state index in [0.717, 1.165) is 22.6 Å². The standard InChI is InChI=1S/C15H11Cl3O2/c16-11-3-1-9(7-12(11)17)15(18)10-2-4-13-14(8-10)20-6-5-19-13/h1-4,7-8,15H,5-6H2. The molecule has 2 nitrogen and oxygen atoms in total. The molecule has 20 heavy (non-hydrogen) atoms. The van der Waals surface area contributed by atoms with Crippen LogP contribution >= 0.6 is 34.8 Å². The van der Waals surface area contributed by atoms with Gasteiger partial charge in [0.1, 0.15) is 13.2 Å². The van der Waals surface area contributed by atoms with Gasteiger partial charge < -0.3 is 9.47 Å². The second-order valence-electron chi connectivity index (χ2n) is 4.44. The van der Waals surface area contributed by atoms with E-state index in [1.54, 1.807) is 12.1 Å². The van der Waals surface area contributed by atoms with Crippen molar-refractivity contribution in [2.45, 2.75) is 5.38 Å². The summed E-state index contributed by atoms with van der Waals surface area (Å²) >= 11 is 18.4. The lowest BCUT2D eigenvalue weighted by Crippen LogP contribution is -2.15. The number of hydrogen-bond donors (Lipinski definition) is 0. The van der Waals surface area contributed by atoms with Gasteiger partial charge in [-0.25, -0.2) is 0 Å². The first-order valence-corrected chi connectivity index (χ1v) is 7.33. The molecule has 0 saturated heterocycles. The summed E-state index contributed by atoms with van der Waals surface area (Å²) in [6.07, 6.45) is 0. The third-order valence-electron chi connectivity index (χ3n) is 3.10. The molecule has 0 radical (unpaired) electrons. The Labute approximate surface area is 132 Å². The van der Waals surface area contributed by atoms with E-state index < -0.39 is 0 Å². The molecule has 0 fully saturated rings. The SMILES string of the molecule is Clc1ccc(C(Cl)c2ccc3c(c2)OCCO3)cc1Cl. The van der Waals surface area contributed by atoms with Crippen molar-refractivity contribution in [3.8, 4) is 11.5 Å². The average Bonchev–Trinajstić information content (AvgIpc) is 2.49. The van der Waals surface area contributed by atoms with Crippen molar-refractivity contribution in [2.75, 3.05) is 13.2 Å². The molecule has 0 spiro atoms. The Balaban J connectivity index is 1.93. The first-order valence-electron chi connectivity index (χ1n) is 6.14. The molecular weight excluding hydrogens is 319 g/mol. The Kier molecular flexibility index (Phi) is 3.97. The van der Waals surface area contributed by atoms with Gasteiger partial charge in [-0.15, -0.1) is 11.6 Å². The van der Waals surface area contributed by atoms with Crippen molar-refractivity contribution < 1.29 is 9.47 Å². The molecule has 3 rings (SSSR count). The highest BCUT2D eigenvalue weighted by molar-refractivity contribution is 6.42. The predicted octanol–water partition coefficient (Wildman–Crippen LogP) is 5.09. The minimum Gasteiger partial charge on any atom is -0.486 e. The summed E-state index contributed by atoms with van der Waals surface area (Å²) in [5.74, 6) is 1.47. The van der Waals surface area contributed by atoms with E-state index in [2.05, 4.69) is 0 Å². The first-order chi connectivity index (χ1) is 9.65. The van der Waals surface area contributed by atoms with Crippen LogP contribution in [-0.2, 0) is 0 Å². The number of hydrogen-bond acceptors (Lipinski definition) is 2. The van der Waals surface area contributed by atoms with Gasteiger partial charge in [0, 0.05) is 0 Å². The fourth-order valence-corrected chi connectivity index (χ4v) is 2.66. The molecule has 1 atom stereocenters. The van der Waals surface area contributed by atoms with Gasteiger partial charge in [-0.3, -0.25) is 0 Å². The van der Waals surface area contributed by atoms with Gasteiger partial charge in [0.2, 0.25) is 0 Å². The third kappa shape index (κ3) is 2.69. The van der Waals surface area contributed by atoms with Crippen molar-refractivity contribution in [3.63, 3.8) is 0 Å². The molecule has 0 bridgehead atoms. The van der Waals surface area contributed by atoms with E-state index in [-0.39, 0.29) is 5.38 Å². The Morgan fingerprint density at radius 1 is 0.800 bits per heavy atom. The molecule has 0 N–H and O–H groups in total. The molecule has 1 aliphatic heterocycles. The topological polar surface area (TPSA) is 18.5 Å². The number of halogens is 3. The highest BCUT2D eigenvalue weighted by atomic mass is 35.5. The maximum absolute atomic E-state index is 6.50. The molecular formula is C15H11Cl3O2. The summed E-state index contributed by atoms with van der Waals surface area (Å²) < 4.78 is 11.1. The maximum atomic E-state index is 6.50. The zero-order valence-corrected chi connectivity index (χ0v) is 12.7. The summed E-state index contributed by atoms with van der Waals surface area (Å²) in [5.41, 5.74) is 1.81. The van der Waals surface area contributed by atoms with Crippen molar-refractivity contribution in [1.29, 1.82) is 0 Å². The summed E-state index contributed by atoms with van der Waals surface area (Å²) in [4.78, 5) is 0. The van der Waals surface area contributed by atoms with Crippen molar-refractivity contribution in [1.82, 2.24) is 0 Å². The Hall–Kier alpha value is -1.09. The predicted molar refractivity (Wildman–Crippen MR) is 81.6 cm³/mol. The zero-order chi connectivity index (χ0) is 14.1. The molecule has 2 aromatic rings. The summed E-state index contributed by atoms with van der Waals surface area (Å²) in [7, 11) is 0. The summed E-state index contributed by atoms with van der Waals surface area (Å²) in [5, 5.41) is 0.689. The minimum absolute atomic E-state index is 0.319. The smallest absolute Gasteiger partial charge is 0.161 e. The van der Waals surface area contributed by atoms with Crippen LogP contribution in [0.1, 0.15) is 16.5 Å². The highest BCUT2D eigenvalue weighted by Gasteiger charge is 2.17. The largest absolute Gasteiger partial charge is 0.486 e. The molecule has 0 amide bonds. The number of fused-ring (bicyclic) bond motifs is 1. The van der Waals surface area contributed by atoms with Gasteiger partial charge >= 0.3 is 0 Å². The molecule has 0 saturated carbocycles. The van der Waals surface area contributed by atoms with Crippen LogP contribution in [0.5, 0.6) is 11.5 Å². The van der Waals surface area contributed by atoms with Crippen molar-refractivity contribution in [2.24, 2.45) is 0 Å². The first kappa shape index (κ1) is 13.9. The molecule has 1 aliphatic rings. The van der Waals surface area contributed by atoms with E-state index in [1.807, 2.05) is 24.3 Å². The maximum Gasteiger partial charge on any atom is 0.161 e. The van der Waals surface area contributed by atoms with Crippen LogP contribution in [0.4, 0.5) is 0 Å². The van der Waals surface area contributed by atoms with Gasteiger partial charge in [0.05, 0.1) is 15.4 Å². The van der Waals surface area contributed by atoms with Crippen molar-refractivity contribution in [3.05, 3.63) is 57.6 Å². The molecule has 1 heterocycles. The number of ether oxygens (including phenoxy) is 2. The molecule has 2 aromatic carbocycles. The normalized spacial score (nSPS) is 14.9. The quantitative estimate of drug-likeness (QED) is 0.714. The second-order valence-corrected chi connectivity index (χ2v) is 5.69. The second kappa shape index (κ2) is 5.72. The van der Waals surface area contributed by atoms with Gasteiger partial charge in [0.15, 0.2) is 11.5 Å². The van der Waals surface area contributed by atoms with Crippen LogP contribution in [0.25, 0.3) is 0 Å².